The van der Waals surface area contributed by atoms with Gasteiger partial charge < -0.3 is 10.7 Å². The predicted molar refractivity (Wildman–Crippen MR) is 61.6 cm³/mol. The standard InChI is InChI=1S/C10H13N3S/c1-6-12-8-3-2-7(10(14)5-11)4-9(8)13-6/h2-4,10,14H,5,11H2,1H3,(H,12,13). The molecular weight excluding hydrogens is 194 g/mol. The second-order valence-electron chi connectivity index (χ2n) is 3.35. The van der Waals surface area contributed by atoms with Crippen LogP contribution in [-0.2, 0) is 0 Å². The molecule has 1 heterocycles. The third kappa shape index (κ3) is 1.63. The highest BCUT2D eigenvalue weighted by Gasteiger charge is 2.06. The second-order valence-corrected chi connectivity index (χ2v) is 3.97. The minimum absolute atomic E-state index is 0.100. The molecule has 0 saturated heterocycles. The first-order valence-electron chi connectivity index (χ1n) is 4.55. The molecule has 1 unspecified atom stereocenters. The van der Waals surface area contributed by atoms with E-state index in [1.54, 1.807) is 0 Å². The molecule has 0 bridgehead atoms. The topological polar surface area (TPSA) is 54.7 Å². The molecule has 1 aromatic heterocycles. The third-order valence-corrected chi connectivity index (χ3v) is 2.74. The molecule has 0 radical (unpaired) electrons. The van der Waals surface area contributed by atoms with Crippen LogP contribution in [0.15, 0.2) is 18.2 Å². The van der Waals surface area contributed by atoms with Crippen molar-refractivity contribution in [2.75, 3.05) is 6.54 Å². The third-order valence-electron chi connectivity index (χ3n) is 2.23. The molecule has 0 saturated carbocycles. The van der Waals surface area contributed by atoms with Crippen molar-refractivity contribution in [3.8, 4) is 0 Å². The van der Waals surface area contributed by atoms with Gasteiger partial charge in [0.05, 0.1) is 11.0 Å². The molecule has 0 aliphatic heterocycles. The fourth-order valence-corrected chi connectivity index (χ4v) is 1.66. The van der Waals surface area contributed by atoms with E-state index in [4.69, 9.17) is 5.73 Å². The average molecular weight is 207 g/mol. The van der Waals surface area contributed by atoms with Gasteiger partial charge in [-0.05, 0) is 24.6 Å². The highest BCUT2D eigenvalue weighted by Crippen LogP contribution is 2.22. The lowest BCUT2D eigenvalue weighted by Gasteiger charge is -2.06. The number of hydrogen-bond acceptors (Lipinski definition) is 3. The van der Waals surface area contributed by atoms with Crippen LogP contribution >= 0.6 is 12.6 Å². The number of H-pyrrole nitrogens is 1. The Labute approximate surface area is 88.1 Å². The highest BCUT2D eigenvalue weighted by atomic mass is 32.1. The average Bonchev–Trinajstić information content (AvgIpc) is 2.55. The van der Waals surface area contributed by atoms with Crippen LogP contribution in [0.1, 0.15) is 16.6 Å². The zero-order valence-electron chi connectivity index (χ0n) is 7.99. The molecule has 3 N–H and O–H groups in total. The molecule has 14 heavy (non-hydrogen) atoms. The first-order valence-corrected chi connectivity index (χ1v) is 5.07. The Balaban J connectivity index is 2.50. The summed E-state index contributed by atoms with van der Waals surface area (Å²) < 4.78 is 0. The number of thiol groups is 1. The number of fused-ring (bicyclic) bond motifs is 1. The number of hydrogen-bond donors (Lipinski definition) is 3. The molecule has 3 nitrogen and oxygen atoms in total. The number of aromatic nitrogens is 2. The Kier molecular flexibility index (Phi) is 2.48. The summed E-state index contributed by atoms with van der Waals surface area (Å²) in [6, 6.07) is 6.07. The fraction of sp³-hybridized carbons (Fsp3) is 0.300. The number of imidazole rings is 1. The van der Waals surface area contributed by atoms with Crippen LogP contribution in [0.3, 0.4) is 0 Å². The summed E-state index contributed by atoms with van der Waals surface area (Å²) in [7, 11) is 0. The summed E-state index contributed by atoms with van der Waals surface area (Å²) in [6.07, 6.45) is 0. The van der Waals surface area contributed by atoms with Crippen LogP contribution in [0.4, 0.5) is 0 Å². The van der Waals surface area contributed by atoms with Crippen molar-refractivity contribution in [2.24, 2.45) is 5.73 Å². The van der Waals surface area contributed by atoms with Gasteiger partial charge in [0.15, 0.2) is 0 Å². The van der Waals surface area contributed by atoms with E-state index in [0.717, 1.165) is 22.4 Å². The lowest BCUT2D eigenvalue weighted by molar-refractivity contribution is 0.951. The molecule has 0 aliphatic rings. The van der Waals surface area contributed by atoms with Crippen molar-refractivity contribution in [2.45, 2.75) is 12.2 Å². The van der Waals surface area contributed by atoms with Gasteiger partial charge in [-0.1, -0.05) is 6.07 Å². The van der Waals surface area contributed by atoms with Gasteiger partial charge in [-0.15, -0.1) is 0 Å². The van der Waals surface area contributed by atoms with Crippen molar-refractivity contribution in [1.29, 1.82) is 0 Å². The lowest BCUT2D eigenvalue weighted by atomic mass is 10.1. The van der Waals surface area contributed by atoms with Gasteiger partial charge in [-0.25, -0.2) is 4.98 Å². The smallest absolute Gasteiger partial charge is 0.104 e. The Morgan fingerprint density at radius 2 is 2.36 bits per heavy atom. The van der Waals surface area contributed by atoms with Gasteiger partial charge in [0.25, 0.3) is 0 Å². The van der Waals surface area contributed by atoms with E-state index in [-0.39, 0.29) is 5.25 Å². The number of rotatable bonds is 2. The first kappa shape index (κ1) is 9.55. The Morgan fingerprint density at radius 1 is 1.57 bits per heavy atom. The molecule has 4 heteroatoms. The molecular formula is C10H13N3S. The minimum atomic E-state index is 0.100. The zero-order chi connectivity index (χ0) is 10.1. The molecule has 0 fully saturated rings. The number of aryl methyl sites for hydroxylation is 1. The number of nitrogens with zero attached hydrogens (tertiary/aromatic N) is 1. The summed E-state index contributed by atoms with van der Waals surface area (Å²) in [5.41, 5.74) is 8.72. The van der Waals surface area contributed by atoms with Crippen LogP contribution < -0.4 is 5.73 Å². The summed E-state index contributed by atoms with van der Waals surface area (Å²) in [6.45, 7) is 2.49. The van der Waals surface area contributed by atoms with Crippen molar-refractivity contribution < 1.29 is 0 Å². The molecule has 2 rings (SSSR count). The fourth-order valence-electron chi connectivity index (χ4n) is 1.50. The summed E-state index contributed by atoms with van der Waals surface area (Å²) in [5.74, 6) is 0.931. The molecule has 1 aromatic carbocycles. The number of aromatic amines is 1. The maximum Gasteiger partial charge on any atom is 0.104 e. The lowest BCUT2D eigenvalue weighted by Crippen LogP contribution is -2.06. The Morgan fingerprint density at radius 3 is 3.07 bits per heavy atom. The van der Waals surface area contributed by atoms with Gasteiger partial charge in [-0.2, -0.15) is 12.6 Å². The van der Waals surface area contributed by atoms with E-state index in [0.29, 0.717) is 6.54 Å². The van der Waals surface area contributed by atoms with Crippen molar-refractivity contribution in [3.63, 3.8) is 0 Å². The SMILES string of the molecule is Cc1nc2ccc(C(S)CN)cc2[nH]1. The van der Waals surface area contributed by atoms with Gasteiger partial charge in [0, 0.05) is 11.8 Å². The van der Waals surface area contributed by atoms with E-state index in [1.807, 2.05) is 19.1 Å². The van der Waals surface area contributed by atoms with E-state index in [1.165, 1.54) is 0 Å². The van der Waals surface area contributed by atoms with Gasteiger partial charge in [0.2, 0.25) is 0 Å². The maximum absolute atomic E-state index is 5.55. The van der Waals surface area contributed by atoms with Crippen molar-refractivity contribution in [3.05, 3.63) is 29.6 Å². The van der Waals surface area contributed by atoms with Crippen molar-refractivity contribution >= 4 is 23.7 Å². The second kappa shape index (κ2) is 3.63. The Bertz CT molecular complexity index is 450. The minimum Gasteiger partial charge on any atom is -0.342 e. The molecule has 0 aliphatic carbocycles. The molecule has 0 amide bonds. The largest absolute Gasteiger partial charge is 0.342 e. The van der Waals surface area contributed by atoms with Crippen LogP contribution in [0, 0.1) is 6.92 Å². The molecule has 0 spiro atoms. The van der Waals surface area contributed by atoms with Gasteiger partial charge in [0.1, 0.15) is 5.82 Å². The number of benzene rings is 1. The zero-order valence-corrected chi connectivity index (χ0v) is 8.88. The molecule has 2 aromatic rings. The molecule has 1 atom stereocenters. The normalized spacial score (nSPS) is 13.4. The highest BCUT2D eigenvalue weighted by molar-refractivity contribution is 7.80. The van der Waals surface area contributed by atoms with Gasteiger partial charge in [-0.3, -0.25) is 0 Å². The molecule has 74 valence electrons. The maximum atomic E-state index is 5.55. The van der Waals surface area contributed by atoms with E-state index in [9.17, 15) is 0 Å². The van der Waals surface area contributed by atoms with Crippen LogP contribution in [0.25, 0.3) is 11.0 Å². The van der Waals surface area contributed by atoms with Crippen LogP contribution in [0.2, 0.25) is 0 Å². The summed E-state index contributed by atoms with van der Waals surface area (Å²) in [4.78, 5) is 7.52. The van der Waals surface area contributed by atoms with Gasteiger partial charge >= 0.3 is 0 Å². The summed E-state index contributed by atoms with van der Waals surface area (Å²) >= 11 is 4.39. The van der Waals surface area contributed by atoms with Crippen LogP contribution in [-0.4, -0.2) is 16.5 Å². The quantitative estimate of drug-likeness (QED) is 0.658. The van der Waals surface area contributed by atoms with E-state index in [2.05, 4.69) is 28.7 Å². The van der Waals surface area contributed by atoms with Crippen molar-refractivity contribution in [1.82, 2.24) is 9.97 Å². The van der Waals surface area contributed by atoms with Crippen LogP contribution in [0.5, 0.6) is 0 Å². The Hall–Kier alpha value is -1.00. The monoisotopic (exact) mass is 207 g/mol. The van der Waals surface area contributed by atoms with E-state index >= 15 is 0 Å². The number of nitrogens with two attached hydrogens (primary N) is 1. The predicted octanol–water partition coefficient (Wildman–Crippen LogP) is 1.80. The summed E-state index contributed by atoms with van der Waals surface area (Å²) in [5, 5.41) is 0.100. The number of nitrogens with one attached hydrogen (secondary N) is 1. The van der Waals surface area contributed by atoms with E-state index < -0.39 is 0 Å². The first-order chi connectivity index (χ1) is 6.70.